The summed E-state index contributed by atoms with van der Waals surface area (Å²) in [6, 6.07) is 1.49. The van der Waals surface area contributed by atoms with Gasteiger partial charge in [0.2, 0.25) is 0 Å². The fourth-order valence-corrected chi connectivity index (χ4v) is 1.57. The molecule has 2 N–H and O–H groups in total. The Morgan fingerprint density at radius 1 is 1.47 bits per heavy atom. The largest absolute Gasteiger partial charge is 0.480 e. The molecular weight excluding hydrogens is 232 g/mol. The molecule has 0 saturated heterocycles. The molecule has 6 heteroatoms. The molecule has 0 bridgehead atoms. The number of likely N-dealkylation sites (N-methyl/N-ethyl adjacent to an activating group) is 1. The van der Waals surface area contributed by atoms with E-state index in [-0.39, 0.29) is 18.7 Å². The van der Waals surface area contributed by atoms with Crippen LogP contribution in [-0.2, 0) is 4.79 Å². The van der Waals surface area contributed by atoms with Crippen LogP contribution in [0, 0.1) is 11.6 Å². The zero-order valence-electron chi connectivity index (χ0n) is 9.23. The highest BCUT2D eigenvalue weighted by molar-refractivity contribution is 5.75. The van der Waals surface area contributed by atoms with Gasteiger partial charge in [0.05, 0.1) is 6.61 Å². The molecule has 0 aliphatic carbocycles. The summed E-state index contributed by atoms with van der Waals surface area (Å²) < 4.78 is 26.2. The lowest BCUT2D eigenvalue weighted by atomic mass is 10.0. The maximum atomic E-state index is 13.5. The van der Waals surface area contributed by atoms with E-state index in [2.05, 4.69) is 0 Å². The van der Waals surface area contributed by atoms with E-state index in [1.54, 1.807) is 0 Å². The lowest BCUT2D eigenvalue weighted by molar-refractivity contribution is -0.143. The minimum absolute atomic E-state index is 0.0772. The number of aliphatic carboxylic acids is 1. The third kappa shape index (κ3) is 3.21. The number of rotatable bonds is 5. The molecule has 0 aromatic heterocycles. The number of hydrogen-bond acceptors (Lipinski definition) is 3. The Hall–Kier alpha value is -1.53. The van der Waals surface area contributed by atoms with E-state index >= 15 is 0 Å². The molecule has 0 aliphatic heterocycles. The highest BCUT2D eigenvalue weighted by atomic mass is 19.1. The number of halogens is 2. The monoisotopic (exact) mass is 245 g/mol. The molecule has 0 aliphatic rings. The molecule has 1 aromatic rings. The van der Waals surface area contributed by atoms with Crippen LogP contribution in [0.1, 0.15) is 11.6 Å². The van der Waals surface area contributed by atoms with Gasteiger partial charge >= 0.3 is 5.97 Å². The van der Waals surface area contributed by atoms with Crippen molar-refractivity contribution in [2.75, 3.05) is 20.2 Å². The summed E-state index contributed by atoms with van der Waals surface area (Å²) in [4.78, 5) is 12.3. The normalized spacial score (nSPS) is 12.8. The Balaban J connectivity index is 3.09. The number of aliphatic hydroxyl groups excluding tert-OH is 1. The van der Waals surface area contributed by atoms with Gasteiger partial charge in [-0.2, -0.15) is 0 Å². The van der Waals surface area contributed by atoms with Crippen LogP contribution >= 0.6 is 0 Å². The first-order valence-corrected chi connectivity index (χ1v) is 4.96. The number of hydrogen-bond donors (Lipinski definition) is 2. The molecular formula is C11H13F2NO3. The third-order valence-corrected chi connectivity index (χ3v) is 2.38. The minimum Gasteiger partial charge on any atom is -0.480 e. The topological polar surface area (TPSA) is 60.8 Å². The van der Waals surface area contributed by atoms with Crippen molar-refractivity contribution in [3.05, 3.63) is 35.4 Å². The van der Waals surface area contributed by atoms with Gasteiger partial charge in [0.1, 0.15) is 17.7 Å². The third-order valence-electron chi connectivity index (χ3n) is 2.38. The van der Waals surface area contributed by atoms with Gasteiger partial charge in [-0.1, -0.05) is 6.07 Å². The van der Waals surface area contributed by atoms with Crippen LogP contribution in [0.15, 0.2) is 18.2 Å². The first kappa shape index (κ1) is 13.5. The smallest absolute Gasteiger partial charge is 0.325 e. The van der Waals surface area contributed by atoms with Crippen LogP contribution < -0.4 is 0 Å². The summed E-state index contributed by atoms with van der Waals surface area (Å²) in [7, 11) is 1.44. The molecule has 17 heavy (non-hydrogen) atoms. The molecule has 0 fully saturated rings. The Bertz CT molecular complexity index is 412. The summed E-state index contributed by atoms with van der Waals surface area (Å²) in [5, 5.41) is 17.8. The molecule has 94 valence electrons. The molecule has 0 saturated carbocycles. The lowest BCUT2D eigenvalue weighted by Gasteiger charge is -2.24. The molecule has 1 rings (SSSR count). The number of carboxylic acids is 1. The quantitative estimate of drug-likeness (QED) is 0.813. The highest BCUT2D eigenvalue weighted by Gasteiger charge is 2.27. The summed E-state index contributed by atoms with van der Waals surface area (Å²) in [6.07, 6.45) is 0. The molecule has 1 aromatic carbocycles. The average molecular weight is 245 g/mol. The van der Waals surface area contributed by atoms with Gasteiger partial charge in [-0.15, -0.1) is 0 Å². The summed E-state index contributed by atoms with van der Waals surface area (Å²) >= 11 is 0. The van der Waals surface area contributed by atoms with Crippen LogP contribution in [0.4, 0.5) is 8.78 Å². The second-order valence-electron chi connectivity index (χ2n) is 3.61. The number of benzene rings is 1. The highest BCUT2D eigenvalue weighted by Crippen LogP contribution is 2.23. The van der Waals surface area contributed by atoms with Crippen molar-refractivity contribution < 1.29 is 23.8 Å². The maximum absolute atomic E-state index is 13.5. The molecule has 4 nitrogen and oxygen atoms in total. The van der Waals surface area contributed by atoms with Gasteiger partial charge in [-0.25, -0.2) is 8.78 Å². The van der Waals surface area contributed by atoms with Crippen LogP contribution in [-0.4, -0.2) is 41.3 Å². The van der Waals surface area contributed by atoms with Crippen molar-refractivity contribution in [2.45, 2.75) is 6.04 Å². The first-order chi connectivity index (χ1) is 7.97. The zero-order chi connectivity index (χ0) is 13.0. The SMILES string of the molecule is CN(CCO)C(C(=O)O)c1ccc(F)cc1F. The second-order valence-corrected chi connectivity index (χ2v) is 3.61. The lowest BCUT2D eigenvalue weighted by Crippen LogP contribution is -2.33. The van der Waals surface area contributed by atoms with Crippen molar-refractivity contribution >= 4 is 5.97 Å². The van der Waals surface area contributed by atoms with E-state index in [0.717, 1.165) is 12.1 Å². The minimum atomic E-state index is -1.26. The Morgan fingerprint density at radius 2 is 2.12 bits per heavy atom. The van der Waals surface area contributed by atoms with Crippen LogP contribution in [0.2, 0.25) is 0 Å². The van der Waals surface area contributed by atoms with Gasteiger partial charge in [0, 0.05) is 18.2 Å². The zero-order valence-corrected chi connectivity index (χ0v) is 9.23. The van der Waals surface area contributed by atoms with Crippen LogP contribution in [0.3, 0.4) is 0 Å². The van der Waals surface area contributed by atoms with E-state index in [4.69, 9.17) is 10.2 Å². The van der Waals surface area contributed by atoms with E-state index in [1.165, 1.54) is 11.9 Å². The van der Waals surface area contributed by atoms with E-state index < -0.39 is 23.6 Å². The Morgan fingerprint density at radius 3 is 2.59 bits per heavy atom. The van der Waals surface area contributed by atoms with Gasteiger partial charge < -0.3 is 10.2 Å². The van der Waals surface area contributed by atoms with Crippen molar-refractivity contribution in [1.82, 2.24) is 4.90 Å². The molecule has 0 spiro atoms. The van der Waals surface area contributed by atoms with Gasteiger partial charge in [0.15, 0.2) is 0 Å². The Kier molecular flexibility index (Phi) is 4.53. The molecule has 1 unspecified atom stereocenters. The van der Waals surface area contributed by atoms with Crippen molar-refractivity contribution in [2.24, 2.45) is 0 Å². The number of nitrogens with zero attached hydrogens (tertiary/aromatic N) is 1. The van der Waals surface area contributed by atoms with Gasteiger partial charge in [0.25, 0.3) is 0 Å². The van der Waals surface area contributed by atoms with Crippen molar-refractivity contribution in [3.63, 3.8) is 0 Å². The predicted octanol–water partition coefficient (Wildman–Crippen LogP) is 1.01. The number of carboxylic acid groups (broad SMARTS) is 1. The number of carbonyl (C=O) groups is 1. The standard InChI is InChI=1S/C11H13F2NO3/c1-14(4-5-15)10(11(16)17)8-3-2-7(12)6-9(8)13/h2-3,6,10,15H,4-5H2,1H3,(H,16,17). The second kappa shape index (κ2) is 5.70. The average Bonchev–Trinajstić information content (AvgIpc) is 2.21. The van der Waals surface area contributed by atoms with E-state index in [0.29, 0.717) is 6.07 Å². The summed E-state index contributed by atoms with van der Waals surface area (Å²) in [5.41, 5.74) is -0.130. The molecule has 0 amide bonds. The summed E-state index contributed by atoms with van der Waals surface area (Å²) in [5.74, 6) is -2.94. The summed E-state index contributed by atoms with van der Waals surface area (Å²) in [6.45, 7) is -0.170. The molecule has 0 radical (unpaired) electrons. The van der Waals surface area contributed by atoms with Gasteiger partial charge in [-0.05, 0) is 13.1 Å². The van der Waals surface area contributed by atoms with Crippen molar-refractivity contribution in [3.8, 4) is 0 Å². The fourth-order valence-electron chi connectivity index (χ4n) is 1.57. The van der Waals surface area contributed by atoms with Crippen LogP contribution in [0.25, 0.3) is 0 Å². The van der Waals surface area contributed by atoms with E-state index in [9.17, 15) is 13.6 Å². The molecule has 0 heterocycles. The Labute approximate surface area is 97.1 Å². The number of aliphatic hydroxyl groups is 1. The van der Waals surface area contributed by atoms with Gasteiger partial charge in [-0.3, -0.25) is 9.69 Å². The predicted molar refractivity (Wildman–Crippen MR) is 56.5 cm³/mol. The van der Waals surface area contributed by atoms with Crippen molar-refractivity contribution in [1.29, 1.82) is 0 Å². The maximum Gasteiger partial charge on any atom is 0.325 e. The molecule has 1 atom stereocenters. The first-order valence-electron chi connectivity index (χ1n) is 4.96. The van der Waals surface area contributed by atoms with E-state index in [1.807, 2.05) is 0 Å². The fraction of sp³-hybridized carbons (Fsp3) is 0.364. The van der Waals surface area contributed by atoms with Crippen LogP contribution in [0.5, 0.6) is 0 Å².